The third-order valence-electron chi connectivity index (χ3n) is 4.57. The number of hydrogen-bond acceptors (Lipinski definition) is 5. The smallest absolute Gasteiger partial charge is 0.256 e. The van der Waals surface area contributed by atoms with E-state index in [1.807, 2.05) is 13.0 Å². The number of amides is 1. The zero-order valence-electron chi connectivity index (χ0n) is 15.1. The third kappa shape index (κ3) is 4.45. The fourth-order valence-corrected chi connectivity index (χ4v) is 3.24. The summed E-state index contributed by atoms with van der Waals surface area (Å²) in [5, 5.41) is 2.95. The Morgan fingerprint density at radius 3 is 2.83 bits per heavy atom. The highest BCUT2D eigenvalue weighted by atomic mass is 16.5. The van der Waals surface area contributed by atoms with Gasteiger partial charge < -0.3 is 19.5 Å². The molecule has 1 amide bonds. The summed E-state index contributed by atoms with van der Waals surface area (Å²) in [5.41, 5.74) is 0.790. The molecule has 1 aliphatic rings. The van der Waals surface area contributed by atoms with Gasteiger partial charge in [0.25, 0.3) is 5.91 Å². The second-order valence-electron chi connectivity index (χ2n) is 6.54. The molecule has 0 spiro atoms. The fraction of sp³-hybridized carbons (Fsp3) is 0.667. The predicted molar refractivity (Wildman–Crippen MR) is 92.3 cm³/mol. The lowest BCUT2D eigenvalue weighted by molar-refractivity contribution is -0.143. The van der Waals surface area contributed by atoms with Gasteiger partial charge in [-0.15, -0.1) is 0 Å². The summed E-state index contributed by atoms with van der Waals surface area (Å²) in [6, 6.07) is 1.86. The molecule has 0 unspecified atom stereocenters. The van der Waals surface area contributed by atoms with E-state index in [1.165, 1.54) is 0 Å². The molecule has 1 N–H and O–H groups in total. The number of aryl methyl sites for hydroxylation is 1. The van der Waals surface area contributed by atoms with Crippen molar-refractivity contribution in [2.24, 2.45) is 5.92 Å². The Hall–Kier alpha value is -1.66. The van der Waals surface area contributed by atoms with Gasteiger partial charge in [-0.05, 0) is 38.2 Å². The molecular formula is C18H28N2O4. The topological polar surface area (TPSA) is 69.7 Å². The van der Waals surface area contributed by atoms with Crippen LogP contribution in [0.4, 0.5) is 5.69 Å². The molecule has 134 valence electrons. The van der Waals surface area contributed by atoms with Gasteiger partial charge in [0, 0.05) is 19.8 Å². The number of carbonyl (C=O) groups is 1. The van der Waals surface area contributed by atoms with Crippen LogP contribution in [0.2, 0.25) is 0 Å². The Balaban J connectivity index is 2.04. The zero-order chi connectivity index (χ0) is 17.6. The van der Waals surface area contributed by atoms with Crippen LogP contribution in [0.3, 0.4) is 0 Å². The number of carbonyl (C=O) groups excluding carboxylic acids is 1. The number of rotatable bonds is 7. The normalized spacial score (nSPS) is 23.8. The van der Waals surface area contributed by atoms with Crippen molar-refractivity contribution in [1.82, 2.24) is 4.98 Å². The van der Waals surface area contributed by atoms with Crippen LogP contribution in [0.25, 0.3) is 0 Å². The summed E-state index contributed by atoms with van der Waals surface area (Å²) in [7, 11) is 3.24. The summed E-state index contributed by atoms with van der Waals surface area (Å²) >= 11 is 0. The minimum absolute atomic E-state index is 0.0919. The van der Waals surface area contributed by atoms with E-state index in [4.69, 9.17) is 14.2 Å². The number of ether oxygens (including phenoxy) is 3. The maximum absolute atomic E-state index is 12.8. The van der Waals surface area contributed by atoms with Crippen LogP contribution in [-0.4, -0.2) is 43.9 Å². The van der Waals surface area contributed by atoms with Crippen LogP contribution in [0, 0.1) is 12.8 Å². The monoisotopic (exact) mass is 336 g/mol. The van der Waals surface area contributed by atoms with Crippen molar-refractivity contribution in [3.05, 3.63) is 17.8 Å². The summed E-state index contributed by atoms with van der Waals surface area (Å²) in [6.45, 7) is 5.02. The minimum Gasteiger partial charge on any atom is -0.475 e. The summed E-state index contributed by atoms with van der Waals surface area (Å²) in [5.74, 6) is 0.949. The van der Waals surface area contributed by atoms with Crippen molar-refractivity contribution < 1.29 is 19.0 Å². The number of nitrogens with one attached hydrogen (secondary N) is 1. The van der Waals surface area contributed by atoms with E-state index in [0.717, 1.165) is 31.2 Å². The van der Waals surface area contributed by atoms with Gasteiger partial charge in [-0.1, -0.05) is 13.3 Å². The van der Waals surface area contributed by atoms with E-state index in [0.29, 0.717) is 30.7 Å². The molecule has 1 aromatic rings. The number of hydrogen-bond donors (Lipinski definition) is 1. The third-order valence-corrected chi connectivity index (χ3v) is 4.57. The van der Waals surface area contributed by atoms with Crippen molar-refractivity contribution in [3.63, 3.8) is 0 Å². The quantitative estimate of drug-likeness (QED) is 0.775. The van der Waals surface area contributed by atoms with Crippen molar-refractivity contribution in [2.75, 3.05) is 32.8 Å². The average molecular weight is 336 g/mol. The van der Waals surface area contributed by atoms with E-state index in [2.05, 4.69) is 17.2 Å². The summed E-state index contributed by atoms with van der Waals surface area (Å²) < 4.78 is 16.1. The molecule has 1 fully saturated rings. The van der Waals surface area contributed by atoms with Gasteiger partial charge in [-0.3, -0.25) is 4.79 Å². The van der Waals surface area contributed by atoms with Gasteiger partial charge in [-0.25, -0.2) is 4.98 Å². The Morgan fingerprint density at radius 1 is 1.42 bits per heavy atom. The lowest BCUT2D eigenvalue weighted by Gasteiger charge is -2.37. The molecule has 0 saturated heterocycles. The van der Waals surface area contributed by atoms with E-state index in [1.54, 1.807) is 20.4 Å². The summed E-state index contributed by atoms with van der Waals surface area (Å²) in [4.78, 5) is 17.0. The Morgan fingerprint density at radius 2 is 2.21 bits per heavy atom. The second-order valence-corrected chi connectivity index (χ2v) is 6.54. The van der Waals surface area contributed by atoms with Gasteiger partial charge in [0.2, 0.25) is 5.88 Å². The zero-order valence-corrected chi connectivity index (χ0v) is 15.1. The molecule has 1 aromatic heterocycles. The highest BCUT2D eigenvalue weighted by Crippen LogP contribution is 2.35. The second kappa shape index (κ2) is 8.44. The van der Waals surface area contributed by atoms with E-state index < -0.39 is 5.60 Å². The fourth-order valence-electron chi connectivity index (χ4n) is 3.24. The number of aromatic nitrogens is 1. The van der Waals surface area contributed by atoms with Gasteiger partial charge in [0.15, 0.2) is 0 Å². The Kier molecular flexibility index (Phi) is 6.57. The number of methoxy groups -OCH3 is 2. The molecule has 0 radical (unpaired) electrons. The SMILES string of the molecule is COCCOc1ncc(NC(=O)[C@]2(OC)CCC[C@H](C)C2)cc1C. The predicted octanol–water partition coefficient (Wildman–Crippen LogP) is 2.95. The molecule has 1 saturated carbocycles. The lowest BCUT2D eigenvalue weighted by atomic mass is 9.78. The first-order valence-electron chi connectivity index (χ1n) is 8.46. The summed E-state index contributed by atoms with van der Waals surface area (Å²) in [6.07, 6.45) is 5.27. The van der Waals surface area contributed by atoms with Crippen molar-refractivity contribution in [3.8, 4) is 5.88 Å². The molecule has 1 aliphatic carbocycles. The molecule has 1 heterocycles. The van der Waals surface area contributed by atoms with Gasteiger partial charge in [-0.2, -0.15) is 0 Å². The molecule has 6 nitrogen and oxygen atoms in total. The van der Waals surface area contributed by atoms with Gasteiger partial charge in [0.1, 0.15) is 12.2 Å². The first-order chi connectivity index (χ1) is 11.5. The van der Waals surface area contributed by atoms with Crippen molar-refractivity contribution in [2.45, 2.75) is 45.1 Å². The van der Waals surface area contributed by atoms with Crippen LogP contribution in [0.1, 0.15) is 38.2 Å². The average Bonchev–Trinajstić information content (AvgIpc) is 2.56. The standard InChI is InChI=1S/C18H28N2O4/c1-13-6-5-7-18(11-13,23-4)17(21)20-15-10-14(2)16(19-12-15)24-9-8-22-3/h10,12-13H,5-9,11H2,1-4H3,(H,20,21)/t13-,18-/m0/s1. The van der Waals surface area contributed by atoms with Crippen LogP contribution >= 0.6 is 0 Å². The number of anilines is 1. The van der Waals surface area contributed by atoms with Crippen molar-refractivity contribution in [1.29, 1.82) is 0 Å². The van der Waals surface area contributed by atoms with Gasteiger partial charge in [0.05, 0.1) is 18.5 Å². The highest BCUT2D eigenvalue weighted by molar-refractivity contribution is 5.97. The van der Waals surface area contributed by atoms with Crippen LogP contribution < -0.4 is 10.1 Å². The van der Waals surface area contributed by atoms with Crippen LogP contribution in [0.15, 0.2) is 12.3 Å². The molecule has 2 rings (SSSR count). The van der Waals surface area contributed by atoms with E-state index in [9.17, 15) is 4.79 Å². The molecule has 0 aliphatic heterocycles. The maximum Gasteiger partial charge on any atom is 0.256 e. The van der Waals surface area contributed by atoms with Crippen molar-refractivity contribution >= 4 is 11.6 Å². The minimum atomic E-state index is -0.737. The first-order valence-corrected chi connectivity index (χ1v) is 8.46. The first kappa shape index (κ1) is 18.7. The largest absolute Gasteiger partial charge is 0.475 e. The maximum atomic E-state index is 12.8. The molecule has 6 heteroatoms. The molecule has 0 bridgehead atoms. The Labute approximate surface area is 143 Å². The van der Waals surface area contributed by atoms with Gasteiger partial charge >= 0.3 is 0 Å². The molecule has 24 heavy (non-hydrogen) atoms. The number of nitrogens with zero attached hydrogens (tertiary/aromatic N) is 1. The highest BCUT2D eigenvalue weighted by Gasteiger charge is 2.42. The lowest BCUT2D eigenvalue weighted by Crippen LogP contribution is -2.47. The Bertz CT molecular complexity index is 564. The molecule has 2 atom stereocenters. The van der Waals surface area contributed by atoms with E-state index in [-0.39, 0.29) is 5.91 Å². The van der Waals surface area contributed by atoms with Crippen LogP contribution in [0.5, 0.6) is 5.88 Å². The number of pyridine rings is 1. The van der Waals surface area contributed by atoms with Crippen LogP contribution in [-0.2, 0) is 14.3 Å². The van der Waals surface area contributed by atoms with E-state index >= 15 is 0 Å². The molecule has 0 aromatic carbocycles. The molecular weight excluding hydrogens is 308 g/mol.